The second-order valence-corrected chi connectivity index (χ2v) is 7.75. The normalized spacial score (nSPS) is 11.9. The molecule has 1 heterocycles. The van der Waals surface area contributed by atoms with Gasteiger partial charge in [-0.05, 0) is 30.2 Å². The molecule has 0 radical (unpaired) electrons. The van der Waals surface area contributed by atoms with Crippen LogP contribution in [0.15, 0.2) is 48.5 Å². The highest BCUT2D eigenvalue weighted by molar-refractivity contribution is 7.18. The van der Waals surface area contributed by atoms with Crippen LogP contribution in [0.3, 0.4) is 0 Å². The lowest BCUT2D eigenvalue weighted by molar-refractivity contribution is -0.122. The Morgan fingerprint density at radius 3 is 2.81 bits per heavy atom. The number of amides is 2. The first kappa shape index (κ1) is 19.3. The van der Waals surface area contributed by atoms with Gasteiger partial charge in [-0.1, -0.05) is 41.9 Å². The van der Waals surface area contributed by atoms with Gasteiger partial charge in [-0.3, -0.25) is 9.59 Å². The summed E-state index contributed by atoms with van der Waals surface area (Å²) in [6.07, 6.45) is 2.23. The van der Waals surface area contributed by atoms with E-state index in [-0.39, 0.29) is 11.9 Å². The maximum atomic E-state index is 12.4. The van der Waals surface area contributed by atoms with E-state index in [9.17, 15) is 9.59 Å². The van der Waals surface area contributed by atoms with E-state index in [1.807, 2.05) is 48.5 Å². The van der Waals surface area contributed by atoms with Crippen LogP contribution in [0.5, 0.6) is 0 Å². The first-order valence-electron chi connectivity index (χ1n) is 8.69. The Bertz CT molecular complexity index is 914. The van der Waals surface area contributed by atoms with Crippen LogP contribution in [-0.2, 0) is 22.4 Å². The lowest BCUT2D eigenvalue weighted by Crippen LogP contribution is -2.43. The monoisotopic (exact) mass is 401 g/mol. The van der Waals surface area contributed by atoms with E-state index in [1.54, 1.807) is 11.3 Å². The molecule has 5 nitrogen and oxygen atoms in total. The zero-order valence-electron chi connectivity index (χ0n) is 14.7. The van der Waals surface area contributed by atoms with Gasteiger partial charge in [0.25, 0.3) is 0 Å². The lowest BCUT2D eigenvalue weighted by atomic mass is 10.1. The number of nitrogens with one attached hydrogen (secondary N) is 2. The van der Waals surface area contributed by atoms with Crippen molar-refractivity contribution >= 4 is 45.5 Å². The third kappa shape index (κ3) is 5.77. The van der Waals surface area contributed by atoms with Gasteiger partial charge in [0.1, 0.15) is 0 Å². The van der Waals surface area contributed by atoms with E-state index in [0.717, 1.165) is 20.8 Å². The maximum absolute atomic E-state index is 12.4. The number of benzene rings is 2. The molecule has 2 amide bonds. The summed E-state index contributed by atoms with van der Waals surface area (Å²) in [4.78, 5) is 27.5. The quantitative estimate of drug-likeness (QED) is 0.540. The van der Waals surface area contributed by atoms with E-state index in [2.05, 4.69) is 15.6 Å². The summed E-state index contributed by atoms with van der Waals surface area (Å²) < 4.78 is 1.02. The molecule has 3 aromatic rings. The zero-order chi connectivity index (χ0) is 19.1. The average Bonchev–Trinajstić information content (AvgIpc) is 3.07. The van der Waals surface area contributed by atoms with Gasteiger partial charge in [0.2, 0.25) is 12.3 Å². The minimum atomic E-state index is -0.153. The molecule has 0 saturated carbocycles. The SMILES string of the molecule is O=CNCC(Cc1ccccc1)NC(=O)CCc1nc2ccc(Cl)cc2s1. The molecule has 0 aliphatic carbocycles. The van der Waals surface area contributed by atoms with E-state index in [4.69, 9.17) is 11.6 Å². The van der Waals surface area contributed by atoms with Gasteiger partial charge >= 0.3 is 0 Å². The van der Waals surface area contributed by atoms with Crippen molar-refractivity contribution in [1.29, 1.82) is 0 Å². The summed E-state index contributed by atoms with van der Waals surface area (Å²) in [5, 5.41) is 7.25. The standard InChI is InChI=1S/C20H20ClN3O2S/c21-15-6-7-17-18(11-15)27-20(24-17)9-8-19(26)23-16(12-22-13-25)10-14-4-2-1-3-5-14/h1-7,11,13,16H,8-10,12H2,(H,22,25)(H,23,26). The minimum Gasteiger partial charge on any atom is -0.357 e. The predicted molar refractivity (Wildman–Crippen MR) is 109 cm³/mol. The summed E-state index contributed by atoms with van der Waals surface area (Å²) in [5.41, 5.74) is 2.01. The molecule has 27 heavy (non-hydrogen) atoms. The molecule has 1 aromatic heterocycles. The van der Waals surface area contributed by atoms with Crippen molar-refractivity contribution in [3.05, 3.63) is 64.1 Å². The van der Waals surface area contributed by atoms with Crippen LogP contribution in [0.4, 0.5) is 0 Å². The highest BCUT2D eigenvalue weighted by Crippen LogP contribution is 2.25. The number of aromatic nitrogens is 1. The fourth-order valence-electron chi connectivity index (χ4n) is 2.84. The number of halogens is 1. The molecule has 0 saturated heterocycles. The van der Waals surface area contributed by atoms with Crippen LogP contribution in [0.2, 0.25) is 5.02 Å². The number of carbonyl (C=O) groups is 2. The molecule has 140 valence electrons. The fraction of sp³-hybridized carbons (Fsp3) is 0.250. The Kier molecular flexibility index (Phi) is 6.79. The van der Waals surface area contributed by atoms with Crippen molar-refractivity contribution < 1.29 is 9.59 Å². The summed E-state index contributed by atoms with van der Waals surface area (Å²) in [7, 11) is 0. The first-order chi connectivity index (χ1) is 13.1. The average molecular weight is 402 g/mol. The highest BCUT2D eigenvalue weighted by atomic mass is 35.5. The highest BCUT2D eigenvalue weighted by Gasteiger charge is 2.14. The van der Waals surface area contributed by atoms with Gasteiger partial charge < -0.3 is 10.6 Å². The van der Waals surface area contributed by atoms with Crippen LogP contribution in [0.1, 0.15) is 17.0 Å². The Morgan fingerprint density at radius 1 is 1.22 bits per heavy atom. The number of thiazole rings is 1. The van der Waals surface area contributed by atoms with Crippen LogP contribution in [-0.4, -0.2) is 29.9 Å². The smallest absolute Gasteiger partial charge is 0.220 e. The number of hydrogen-bond donors (Lipinski definition) is 2. The molecule has 0 aliphatic rings. The summed E-state index contributed by atoms with van der Waals surface area (Å²) in [6.45, 7) is 0.393. The largest absolute Gasteiger partial charge is 0.357 e. The number of aryl methyl sites for hydroxylation is 1. The summed E-state index contributed by atoms with van der Waals surface area (Å²) >= 11 is 7.56. The molecule has 0 aliphatic heterocycles. The molecule has 1 atom stereocenters. The van der Waals surface area contributed by atoms with Crippen LogP contribution in [0, 0.1) is 0 Å². The number of hydrogen-bond acceptors (Lipinski definition) is 4. The van der Waals surface area contributed by atoms with Crippen molar-refractivity contribution in [3.63, 3.8) is 0 Å². The molecular formula is C20H20ClN3O2S. The van der Waals surface area contributed by atoms with Crippen molar-refractivity contribution in [2.45, 2.75) is 25.3 Å². The number of rotatable bonds is 9. The molecule has 2 N–H and O–H groups in total. The predicted octanol–water partition coefficient (Wildman–Crippen LogP) is 3.36. The third-order valence-electron chi connectivity index (χ3n) is 4.10. The molecule has 2 aromatic carbocycles. The second kappa shape index (κ2) is 9.48. The van der Waals surface area contributed by atoms with Gasteiger partial charge in [0, 0.05) is 24.4 Å². The van der Waals surface area contributed by atoms with Gasteiger partial charge in [0.05, 0.1) is 21.3 Å². The molecule has 0 spiro atoms. The fourth-order valence-corrected chi connectivity index (χ4v) is 4.08. The summed E-state index contributed by atoms with van der Waals surface area (Å²) in [5.74, 6) is -0.0547. The van der Waals surface area contributed by atoms with Crippen molar-refractivity contribution in [2.75, 3.05) is 6.54 Å². The van der Waals surface area contributed by atoms with Gasteiger partial charge in [-0.2, -0.15) is 0 Å². The van der Waals surface area contributed by atoms with E-state index in [0.29, 0.717) is 37.2 Å². The molecule has 1 unspecified atom stereocenters. The first-order valence-corrected chi connectivity index (χ1v) is 9.89. The third-order valence-corrected chi connectivity index (χ3v) is 5.41. The van der Waals surface area contributed by atoms with Crippen LogP contribution >= 0.6 is 22.9 Å². The van der Waals surface area contributed by atoms with Gasteiger partial charge in [-0.15, -0.1) is 11.3 Å². The van der Waals surface area contributed by atoms with E-state index >= 15 is 0 Å². The van der Waals surface area contributed by atoms with Crippen molar-refractivity contribution in [1.82, 2.24) is 15.6 Å². The molecule has 3 rings (SSSR count). The van der Waals surface area contributed by atoms with Gasteiger partial charge in [-0.25, -0.2) is 4.98 Å². The van der Waals surface area contributed by atoms with Crippen LogP contribution < -0.4 is 10.6 Å². The number of carbonyl (C=O) groups excluding carboxylic acids is 2. The van der Waals surface area contributed by atoms with Crippen LogP contribution in [0.25, 0.3) is 10.2 Å². The Labute approximate surface area is 166 Å². The molecule has 7 heteroatoms. The van der Waals surface area contributed by atoms with Gasteiger partial charge in [0.15, 0.2) is 0 Å². The minimum absolute atomic E-state index is 0.0547. The topological polar surface area (TPSA) is 71.1 Å². The molecule has 0 bridgehead atoms. The van der Waals surface area contributed by atoms with E-state index in [1.165, 1.54) is 0 Å². The molecular weight excluding hydrogens is 382 g/mol. The zero-order valence-corrected chi connectivity index (χ0v) is 16.2. The maximum Gasteiger partial charge on any atom is 0.220 e. The summed E-state index contributed by atoms with van der Waals surface area (Å²) in [6, 6.07) is 15.3. The lowest BCUT2D eigenvalue weighted by Gasteiger charge is -2.18. The Hall–Kier alpha value is -2.44. The molecule has 0 fully saturated rings. The van der Waals surface area contributed by atoms with Crippen molar-refractivity contribution in [2.24, 2.45) is 0 Å². The van der Waals surface area contributed by atoms with E-state index < -0.39 is 0 Å². The van der Waals surface area contributed by atoms with Crippen molar-refractivity contribution in [3.8, 4) is 0 Å². The Balaban J connectivity index is 1.56. The second-order valence-electron chi connectivity index (χ2n) is 6.20. The number of fused-ring (bicyclic) bond motifs is 1. The number of nitrogens with zero attached hydrogens (tertiary/aromatic N) is 1. The Morgan fingerprint density at radius 2 is 2.04 bits per heavy atom.